The van der Waals surface area contributed by atoms with Gasteiger partial charge in [-0.05, 0) is 24.6 Å². The Hall–Kier alpha value is -1.99. The average molecular weight is 261 g/mol. The predicted octanol–water partition coefficient (Wildman–Crippen LogP) is 0.469. The molecule has 3 N–H and O–H groups in total. The zero-order valence-electron chi connectivity index (χ0n) is 10.3. The molecule has 7 heteroatoms. The number of nitrogens with zero attached hydrogens (tertiary/aromatic N) is 2. The number of benzene rings is 1. The first kappa shape index (κ1) is 13.4. The fourth-order valence-electron chi connectivity index (χ4n) is 1.60. The molecule has 2 aromatic rings. The van der Waals surface area contributed by atoms with Crippen LogP contribution in [0.5, 0.6) is 0 Å². The number of nitrogens with one attached hydrogen (secondary N) is 1. The van der Waals surface area contributed by atoms with Gasteiger partial charge in [-0.25, -0.2) is 9.37 Å². The van der Waals surface area contributed by atoms with Gasteiger partial charge in [0.2, 0.25) is 0 Å². The normalized spacial score (nSPS) is 12.0. The van der Waals surface area contributed by atoms with E-state index in [0.717, 1.165) is 5.56 Å². The molecule has 19 heavy (non-hydrogen) atoms. The molecule has 0 spiro atoms. The third-order valence-corrected chi connectivity index (χ3v) is 2.67. The maximum Gasteiger partial charge on any atom is 0.509 e. The van der Waals surface area contributed by atoms with Crippen LogP contribution >= 0.6 is 0 Å². The van der Waals surface area contributed by atoms with Crippen LogP contribution in [0.2, 0.25) is 0 Å². The Balaban J connectivity index is 2.06. The van der Waals surface area contributed by atoms with E-state index in [2.05, 4.69) is 15.3 Å². The first-order valence-corrected chi connectivity index (χ1v) is 5.76. The van der Waals surface area contributed by atoms with E-state index in [-0.39, 0.29) is 17.5 Å². The van der Waals surface area contributed by atoms with Crippen molar-refractivity contribution in [1.29, 1.82) is 0 Å². The quantitative estimate of drug-likeness (QED) is 0.697. The number of hydrogen-bond acceptors (Lipinski definition) is 5. The van der Waals surface area contributed by atoms with Crippen LogP contribution in [0.3, 0.4) is 0 Å². The lowest BCUT2D eigenvalue weighted by Gasteiger charge is -2.14. The lowest BCUT2D eigenvalue weighted by molar-refractivity contribution is 0.424. The summed E-state index contributed by atoms with van der Waals surface area (Å²) < 4.78 is 12.8. The van der Waals surface area contributed by atoms with Gasteiger partial charge in [0.15, 0.2) is 0 Å². The Morgan fingerprint density at radius 1 is 1.16 bits per heavy atom. The minimum absolute atomic E-state index is 0.0696. The summed E-state index contributed by atoms with van der Waals surface area (Å²) in [4.78, 5) is 7.87. The minimum Gasteiger partial charge on any atom is -0.422 e. The summed E-state index contributed by atoms with van der Waals surface area (Å²) in [6.45, 7) is 1.91. The zero-order chi connectivity index (χ0) is 13.8. The number of anilines is 1. The fraction of sp³-hybridized carbons (Fsp3) is 0.167. The monoisotopic (exact) mass is 261 g/mol. The molecule has 2 rings (SSSR count). The maximum absolute atomic E-state index is 12.8. The summed E-state index contributed by atoms with van der Waals surface area (Å²) in [5, 5.41) is 20.9. The van der Waals surface area contributed by atoms with E-state index in [0.29, 0.717) is 5.82 Å². The number of hydrogen-bond donors (Lipinski definition) is 3. The van der Waals surface area contributed by atoms with Gasteiger partial charge in [-0.2, -0.15) is 0 Å². The van der Waals surface area contributed by atoms with Crippen molar-refractivity contribution in [2.75, 3.05) is 5.32 Å². The molecule has 5 nitrogen and oxygen atoms in total. The second kappa shape index (κ2) is 5.77. The predicted molar refractivity (Wildman–Crippen MR) is 70.3 cm³/mol. The van der Waals surface area contributed by atoms with Crippen LogP contribution in [-0.4, -0.2) is 27.1 Å². The molecule has 1 aromatic carbocycles. The fourth-order valence-corrected chi connectivity index (χ4v) is 1.60. The van der Waals surface area contributed by atoms with Crippen LogP contribution in [-0.2, 0) is 0 Å². The first-order chi connectivity index (χ1) is 9.06. The van der Waals surface area contributed by atoms with E-state index in [4.69, 9.17) is 10.0 Å². The summed E-state index contributed by atoms with van der Waals surface area (Å²) in [5.41, 5.74) is 0.995. The Kier molecular flexibility index (Phi) is 4.08. The number of aromatic nitrogens is 2. The molecule has 98 valence electrons. The van der Waals surface area contributed by atoms with Crippen LogP contribution in [0.25, 0.3) is 0 Å². The van der Waals surface area contributed by atoms with Crippen molar-refractivity contribution >= 4 is 18.5 Å². The van der Waals surface area contributed by atoms with Crippen molar-refractivity contribution in [2.45, 2.75) is 13.0 Å². The van der Waals surface area contributed by atoms with E-state index < -0.39 is 7.12 Å². The summed E-state index contributed by atoms with van der Waals surface area (Å²) in [5.74, 6) is 0.221. The van der Waals surface area contributed by atoms with Crippen molar-refractivity contribution in [3.8, 4) is 0 Å². The van der Waals surface area contributed by atoms with Gasteiger partial charge >= 0.3 is 7.12 Å². The highest BCUT2D eigenvalue weighted by molar-refractivity contribution is 6.57. The zero-order valence-corrected chi connectivity index (χ0v) is 10.3. The summed E-state index contributed by atoms with van der Waals surface area (Å²) in [6.07, 6.45) is 2.69. The van der Waals surface area contributed by atoms with Gasteiger partial charge in [-0.15, -0.1) is 0 Å². The SMILES string of the molecule is CC(Nc1cnc(B(O)O)cn1)c1ccc(F)cc1. The summed E-state index contributed by atoms with van der Waals surface area (Å²) >= 11 is 0. The highest BCUT2D eigenvalue weighted by Crippen LogP contribution is 2.17. The number of halogens is 1. The van der Waals surface area contributed by atoms with Crippen molar-refractivity contribution in [3.05, 3.63) is 48.0 Å². The molecule has 0 aliphatic heterocycles. The van der Waals surface area contributed by atoms with Crippen LogP contribution in [0, 0.1) is 5.82 Å². The molecule has 1 heterocycles. The van der Waals surface area contributed by atoms with E-state index in [1.807, 2.05) is 6.92 Å². The van der Waals surface area contributed by atoms with Gasteiger partial charge in [0.25, 0.3) is 0 Å². The van der Waals surface area contributed by atoms with Crippen LogP contribution in [0.4, 0.5) is 10.2 Å². The molecule has 0 radical (unpaired) electrons. The molecule has 0 saturated carbocycles. The van der Waals surface area contributed by atoms with Crippen molar-refractivity contribution in [2.24, 2.45) is 0 Å². The van der Waals surface area contributed by atoms with Gasteiger partial charge in [0.05, 0.1) is 11.8 Å². The maximum atomic E-state index is 12.8. The number of rotatable bonds is 4. The second-order valence-electron chi connectivity index (χ2n) is 4.12. The van der Waals surface area contributed by atoms with E-state index >= 15 is 0 Å². The standard InChI is InChI=1S/C12H13BFN3O2/c1-8(9-2-4-10(14)5-3-9)17-12-7-15-11(6-16-12)13(18)19/h2-8,18-19H,1H3,(H,16,17). The van der Waals surface area contributed by atoms with Gasteiger partial charge < -0.3 is 15.4 Å². The van der Waals surface area contributed by atoms with Crippen molar-refractivity contribution in [1.82, 2.24) is 9.97 Å². The molecule has 0 bridgehead atoms. The Labute approximate surface area is 110 Å². The van der Waals surface area contributed by atoms with Gasteiger partial charge in [-0.1, -0.05) is 12.1 Å². The van der Waals surface area contributed by atoms with E-state index in [1.54, 1.807) is 12.1 Å². The van der Waals surface area contributed by atoms with E-state index in [9.17, 15) is 4.39 Å². The lowest BCUT2D eigenvalue weighted by atomic mass is 9.87. The minimum atomic E-state index is -1.63. The molecular weight excluding hydrogens is 248 g/mol. The topological polar surface area (TPSA) is 78.3 Å². The molecule has 0 amide bonds. The third-order valence-electron chi connectivity index (χ3n) is 2.67. The molecule has 0 saturated heterocycles. The first-order valence-electron chi connectivity index (χ1n) is 5.76. The largest absolute Gasteiger partial charge is 0.509 e. The van der Waals surface area contributed by atoms with Gasteiger partial charge in [0, 0.05) is 12.2 Å². The molecule has 1 unspecified atom stereocenters. The lowest BCUT2D eigenvalue weighted by Crippen LogP contribution is -2.33. The van der Waals surface area contributed by atoms with Gasteiger partial charge in [-0.3, -0.25) is 4.98 Å². The van der Waals surface area contributed by atoms with Crippen LogP contribution in [0.15, 0.2) is 36.7 Å². The molecular formula is C12H13BFN3O2. The molecule has 0 fully saturated rings. The van der Waals surface area contributed by atoms with Crippen LogP contribution in [0.1, 0.15) is 18.5 Å². The van der Waals surface area contributed by atoms with E-state index in [1.165, 1.54) is 24.5 Å². The Morgan fingerprint density at radius 3 is 2.37 bits per heavy atom. The van der Waals surface area contributed by atoms with Crippen molar-refractivity contribution in [3.63, 3.8) is 0 Å². The summed E-state index contributed by atoms with van der Waals surface area (Å²) in [7, 11) is -1.63. The van der Waals surface area contributed by atoms with Crippen LogP contribution < -0.4 is 10.9 Å². The van der Waals surface area contributed by atoms with Gasteiger partial charge in [0.1, 0.15) is 11.6 Å². The third kappa shape index (κ3) is 3.49. The highest BCUT2D eigenvalue weighted by atomic mass is 19.1. The Morgan fingerprint density at radius 2 is 1.84 bits per heavy atom. The molecule has 0 aliphatic rings. The smallest absolute Gasteiger partial charge is 0.422 e. The Bertz CT molecular complexity index is 534. The molecule has 0 aliphatic carbocycles. The summed E-state index contributed by atoms with van der Waals surface area (Å²) in [6, 6.07) is 6.09. The molecule has 1 atom stereocenters. The van der Waals surface area contributed by atoms with Crippen molar-refractivity contribution < 1.29 is 14.4 Å². The second-order valence-corrected chi connectivity index (χ2v) is 4.12. The average Bonchev–Trinajstić information content (AvgIpc) is 2.40. The molecule has 1 aromatic heterocycles. The highest BCUT2D eigenvalue weighted by Gasteiger charge is 2.13.